The molecule has 0 spiro atoms. The van der Waals surface area contributed by atoms with Crippen molar-refractivity contribution in [3.05, 3.63) is 27.9 Å². The van der Waals surface area contributed by atoms with Gasteiger partial charge in [-0.2, -0.15) is 0 Å². The van der Waals surface area contributed by atoms with Gasteiger partial charge in [0.1, 0.15) is 17.6 Å². The Morgan fingerprint density at radius 2 is 2.15 bits per heavy atom. The van der Waals surface area contributed by atoms with Crippen LogP contribution in [0.15, 0.2) is 12.3 Å². The van der Waals surface area contributed by atoms with Gasteiger partial charge in [-0.05, 0) is 11.8 Å². The van der Waals surface area contributed by atoms with Gasteiger partial charge in [-0.25, -0.2) is 4.98 Å². The molecule has 0 radical (unpaired) electrons. The van der Waals surface area contributed by atoms with Crippen LogP contribution in [0.4, 0.5) is 11.5 Å². The van der Waals surface area contributed by atoms with Crippen LogP contribution in [0.25, 0.3) is 0 Å². The van der Waals surface area contributed by atoms with E-state index >= 15 is 0 Å². The van der Waals surface area contributed by atoms with E-state index in [-0.39, 0.29) is 16.7 Å². The van der Waals surface area contributed by atoms with Crippen molar-refractivity contribution in [3.63, 3.8) is 0 Å². The summed E-state index contributed by atoms with van der Waals surface area (Å²) in [5, 5.41) is 16.4. The minimum absolute atomic E-state index is 0.0150. The molecule has 1 heterocycles. The van der Waals surface area contributed by atoms with E-state index < -0.39 is 10.8 Å². The first kappa shape index (κ1) is 15.9. The summed E-state index contributed by atoms with van der Waals surface area (Å²) in [5.41, 5.74) is -0.333. The standard InChI is InChI=1S/C13H20N4O3/c1-5-13(2,3)8-16-12(18)9-6-11(14-4)15-7-10(9)17(19)20/h6-7H,5,8H2,1-4H3,(H,14,15)(H,16,18). The molecule has 1 aromatic heterocycles. The number of amides is 1. The lowest BCUT2D eigenvalue weighted by atomic mass is 9.90. The fraction of sp³-hybridized carbons (Fsp3) is 0.538. The third-order valence-corrected chi connectivity index (χ3v) is 3.26. The van der Waals surface area contributed by atoms with E-state index in [2.05, 4.69) is 15.6 Å². The van der Waals surface area contributed by atoms with Crippen molar-refractivity contribution in [3.8, 4) is 0 Å². The number of rotatable bonds is 6. The lowest BCUT2D eigenvalue weighted by molar-refractivity contribution is -0.385. The molecule has 0 bridgehead atoms. The summed E-state index contributed by atoms with van der Waals surface area (Å²) < 4.78 is 0. The van der Waals surface area contributed by atoms with Crippen LogP contribution in [-0.2, 0) is 0 Å². The molecule has 1 amide bonds. The van der Waals surface area contributed by atoms with Crippen LogP contribution in [0, 0.1) is 15.5 Å². The maximum Gasteiger partial charge on any atom is 0.300 e. The highest BCUT2D eigenvalue weighted by Gasteiger charge is 2.23. The molecule has 0 saturated carbocycles. The fourth-order valence-electron chi connectivity index (χ4n) is 1.45. The minimum Gasteiger partial charge on any atom is -0.373 e. The molecule has 2 N–H and O–H groups in total. The average molecular weight is 280 g/mol. The van der Waals surface area contributed by atoms with E-state index in [1.54, 1.807) is 7.05 Å². The Balaban J connectivity index is 2.98. The minimum atomic E-state index is -0.605. The van der Waals surface area contributed by atoms with Gasteiger partial charge in [0.25, 0.3) is 11.6 Å². The van der Waals surface area contributed by atoms with Gasteiger partial charge in [-0.3, -0.25) is 14.9 Å². The summed E-state index contributed by atoms with van der Waals surface area (Å²) in [6.45, 7) is 6.53. The van der Waals surface area contributed by atoms with Gasteiger partial charge >= 0.3 is 0 Å². The smallest absolute Gasteiger partial charge is 0.300 e. The molecule has 7 heteroatoms. The van der Waals surface area contributed by atoms with Gasteiger partial charge in [0, 0.05) is 19.7 Å². The maximum absolute atomic E-state index is 12.1. The van der Waals surface area contributed by atoms with Gasteiger partial charge in [-0.1, -0.05) is 20.8 Å². The van der Waals surface area contributed by atoms with Crippen LogP contribution in [0.3, 0.4) is 0 Å². The number of nitro groups is 1. The van der Waals surface area contributed by atoms with Crippen molar-refractivity contribution in [2.24, 2.45) is 5.41 Å². The summed E-state index contributed by atoms with van der Waals surface area (Å²) in [6.07, 6.45) is 1.99. The number of pyridine rings is 1. The number of nitrogens with zero attached hydrogens (tertiary/aromatic N) is 2. The normalized spacial score (nSPS) is 11.0. The topological polar surface area (TPSA) is 97.2 Å². The molecular weight excluding hydrogens is 260 g/mol. The molecule has 0 aromatic carbocycles. The van der Waals surface area contributed by atoms with Gasteiger partial charge in [0.05, 0.1) is 4.92 Å². The SMILES string of the molecule is CCC(C)(C)CNC(=O)c1cc(NC)ncc1[N+](=O)[O-]. The van der Waals surface area contributed by atoms with Crippen LogP contribution in [-0.4, -0.2) is 29.4 Å². The lowest BCUT2D eigenvalue weighted by Crippen LogP contribution is -2.34. The molecule has 0 saturated heterocycles. The van der Waals surface area contributed by atoms with Crippen molar-refractivity contribution in [1.82, 2.24) is 10.3 Å². The van der Waals surface area contributed by atoms with E-state index in [1.165, 1.54) is 6.07 Å². The second-order valence-corrected chi connectivity index (χ2v) is 5.29. The van der Waals surface area contributed by atoms with E-state index in [9.17, 15) is 14.9 Å². The van der Waals surface area contributed by atoms with Gasteiger partial charge in [0.15, 0.2) is 0 Å². The largest absolute Gasteiger partial charge is 0.373 e. The summed E-state index contributed by atoms with van der Waals surface area (Å²) in [6, 6.07) is 1.38. The molecule has 0 atom stereocenters. The molecule has 7 nitrogen and oxygen atoms in total. The highest BCUT2D eigenvalue weighted by atomic mass is 16.6. The highest BCUT2D eigenvalue weighted by molar-refractivity contribution is 5.98. The average Bonchev–Trinajstić information content (AvgIpc) is 2.44. The van der Waals surface area contributed by atoms with E-state index in [1.807, 2.05) is 20.8 Å². The third-order valence-electron chi connectivity index (χ3n) is 3.26. The van der Waals surface area contributed by atoms with Crippen LogP contribution in [0.2, 0.25) is 0 Å². The number of hydrogen-bond donors (Lipinski definition) is 2. The summed E-state index contributed by atoms with van der Waals surface area (Å²) in [7, 11) is 1.63. The Labute approximate surface area is 117 Å². The number of hydrogen-bond acceptors (Lipinski definition) is 5. The molecule has 0 fully saturated rings. The molecule has 20 heavy (non-hydrogen) atoms. The number of carbonyl (C=O) groups excluding carboxylic acids is 1. The van der Waals surface area contributed by atoms with Crippen LogP contribution >= 0.6 is 0 Å². The zero-order valence-corrected chi connectivity index (χ0v) is 12.2. The Morgan fingerprint density at radius 1 is 1.50 bits per heavy atom. The highest BCUT2D eigenvalue weighted by Crippen LogP contribution is 2.21. The number of carbonyl (C=O) groups is 1. The molecule has 0 aliphatic carbocycles. The van der Waals surface area contributed by atoms with E-state index in [0.717, 1.165) is 12.6 Å². The summed E-state index contributed by atoms with van der Waals surface area (Å²) in [4.78, 5) is 26.3. The van der Waals surface area contributed by atoms with E-state index in [0.29, 0.717) is 12.4 Å². The first-order valence-electron chi connectivity index (χ1n) is 6.41. The Morgan fingerprint density at radius 3 is 2.65 bits per heavy atom. The Kier molecular flexibility index (Phi) is 5.01. The summed E-state index contributed by atoms with van der Waals surface area (Å²) >= 11 is 0. The molecule has 1 aromatic rings. The first-order chi connectivity index (χ1) is 9.30. The van der Waals surface area contributed by atoms with Crippen molar-refractivity contribution >= 4 is 17.4 Å². The maximum atomic E-state index is 12.1. The number of nitrogens with one attached hydrogen (secondary N) is 2. The van der Waals surface area contributed by atoms with Gasteiger partial charge in [0.2, 0.25) is 0 Å². The molecule has 1 rings (SSSR count). The van der Waals surface area contributed by atoms with E-state index in [4.69, 9.17) is 0 Å². The first-order valence-corrected chi connectivity index (χ1v) is 6.41. The van der Waals surface area contributed by atoms with Crippen LogP contribution in [0.5, 0.6) is 0 Å². The monoisotopic (exact) mass is 280 g/mol. The molecular formula is C13H20N4O3. The Hall–Kier alpha value is -2.18. The van der Waals surface area contributed by atoms with Gasteiger partial charge in [-0.15, -0.1) is 0 Å². The zero-order valence-electron chi connectivity index (χ0n) is 12.2. The number of anilines is 1. The predicted molar refractivity (Wildman–Crippen MR) is 76.8 cm³/mol. The van der Waals surface area contributed by atoms with Crippen molar-refractivity contribution < 1.29 is 9.72 Å². The lowest BCUT2D eigenvalue weighted by Gasteiger charge is -2.22. The van der Waals surface area contributed by atoms with Gasteiger partial charge < -0.3 is 10.6 Å². The fourth-order valence-corrected chi connectivity index (χ4v) is 1.45. The second kappa shape index (κ2) is 6.31. The quantitative estimate of drug-likeness (QED) is 0.615. The van der Waals surface area contributed by atoms with Crippen molar-refractivity contribution in [1.29, 1.82) is 0 Å². The number of aromatic nitrogens is 1. The molecule has 0 aliphatic heterocycles. The van der Waals surface area contributed by atoms with Crippen molar-refractivity contribution in [2.75, 3.05) is 18.9 Å². The van der Waals surface area contributed by atoms with Crippen molar-refractivity contribution in [2.45, 2.75) is 27.2 Å². The Bertz CT molecular complexity index is 514. The predicted octanol–water partition coefficient (Wildman–Crippen LogP) is 2.20. The zero-order chi connectivity index (χ0) is 15.3. The van der Waals surface area contributed by atoms with Crippen LogP contribution < -0.4 is 10.6 Å². The van der Waals surface area contributed by atoms with Crippen LogP contribution in [0.1, 0.15) is 37.6 Å². The second-order valence-electron chi connectivity index (χ2n) is 5.29. The third kappa shape index (κ3) is 3.91. The molecule has 0 unspecified atom stereocenters. The molecule has 0 aliphatic rings. The summed E-state index contributed by atoms with van der Waals surface area (Å²) in [5.74, 6) is -0.0485. The molecule has 110 valence electrons.